The van der Waals surface area contributed by atoms with E-state index in [1.165, 1.54) is 0 Å². The average Bonchev–Trinajstić information content (AvgIpc) is 2.55. The summed E-state index contributed by atoms with van der Waals surface area (Å²) < 4.78 is 3.88. The molecule has 2 heterocycles. The van der Waals surface area contributed by atoms with Crippen molar-refractivity contribution in [2.75, 3.05) is 0 Å². The molecule has 6 heteroatoms. The summed E-state index contributed by atoms with van der Waals surface area (Å²) in [7, 11) is 1.86. The third kappa shape index (κ3) is 1.50. The lowest BCUT2D eigenvalue weighted by molar-refractivity contribution is 0.654. The first-order chi connectivity index (χ1) is 7.15. The Labute approximate surface area is 91.4 Å². The molecule has 2 aromatic heterocycles. The summed E-state index contributed by atoms with van der Waals surface area (Å²) in [5.74, 6) is 0. The lowest BCUT2D eigenvalue weighted by atomic mass is 10.4. The van der Waals surface area contributed by atoms with E-state index in [0.29, 0.717) is 16.8 Å². The number of aromatic amines is 1. The van der Waals surface area contributed by atoms with Gasteiger partial charge in [0.15, 0.2) is 5.65 Å². The third-order valence-electron chi connectivity index (χ3n) is 2.30. The molecule has 0 radical (unpaired) electrons. The predicted molar refractivity (Wildman–Crippen MR) is 60.4 cm³/mol. The van der Waals surface area contributed by atoms with Crippen LogP contribution in [0.5, 0.6) is 0 Å². The topological polar surface area (TPSA) is 55.6 Å². The van der Waals surface area contributed by atoms with Crippen molar-refractivity contribution in [3.8, 4) is 0 Å². The summed E-state index contributed by atoms with van der Waals surface area (Å²) in [6.45, 7) is 2.67. The predicted octanol–water partition coefficient (Wildman–Crippen LogP) is 1.20. The van der Waals surface area contributed by atoms with Crippen LogP contribution in [0, 0.1) is 4.64 Å². The summed E-state index contributed by atoms with van der Waals surface area (Å²) >= 11 is 5.10. The van der Waals surface area contributed by atoms with Gasteiger partial charge in [-0.3, -0.25) is 9.55 Å². The zero-order valence-electron chi connectivity index (χ0n) is 8.65. The highest BCUT2D eigenvalue weighted by Gasteiger charge is 2.08. The summed E-state index contributed by atoms with van der Waals surface area (Å²) in [5, 5.41) is 0. The highest BCUT2D eigenvalue weighted by atomic mass is 32.1. The van der Waals surface area contributed by atoms with Crippen LogP contribution in [0.1, 0.15) is 13.3 Å². The number of imidazole rings is 1. The Morgan fingerprint density at radius 3 is 3.00 bits per heavy atom. The van der Waals surface area contributed by atoms with Gasteiger partial charge in [0.05, 0.1) is 6.33 Å². The van der Waals surface area contributed by atoms with E-state index in [0.717, 1.165) is 11.9 Å². The molecule has 0 unspecified atom stereocenters. The van der Waals surface area contributed by atoms with Gasteiger partial charge in [-0.25, -0.2) is 9.78 Å². The van der Waals surface area contributed by atoms with Crippen molar-refractivity contribution >= 4 is 23.4 Å². The molecule has 2 aromatic rings. The first kappa shape index (κ1) is 10.1. The maximum Gasteiger partial charge on any atom is 0.328 e. The third-order valence-corrected chi connectivity index (χ3v) is 2.60. The maximum atomic E-state index is 11.6. The van der Waals surface area contributed by atoms with Gasteiger partial charge in [-0.15, -0.1) is 0 Å². The molecule has 0 atom stereocenters. The van der Waals surface area contributed by atoms with Crippen molar-refractivity contribution in [2.24, 2.45) is 7.05 Å². The molecule has 0 aliphatic heterocycles. The zero-order chi connectivity index (χ0) is 11.0. The first-order valence-corrected chi connectivity index (χ1v) is 5.20. The van der Waals surface area contributed by atoms with E-state index in [4.69, 9.17) is 12.2 Å². The Morgan fingerprint density at radius 1 is 1.60 bits per heavy atom. The number of nitrogens with zero attached hydrogens (tertiary/aromatic N) is 3. The van der Waals surface area contributed by atoms with Crippen LogP contribution in [0.4, 0.5) is 0 Å². The highest BCUT2D eigenvalue weighted by Crippen LogP contribution is 2.09. The molecular weight excluding hydrogens is 212 g/mol. The van der Waals surface area contributed by atoms with Crippen LogP contribution in [0.2, 0.25) is 0 Å². The van der Waals surface area contributed by atoms with Gasteiger partial charge < -0.3 is 4.57 Å². The number of nitrogens with one attached hydrogen (secondary N) is 1. The molecule has 0 aliphatic rings. The number of aromatic nitrogens is 4. The van der Waals surface area contributed by atoms with Gasteiger partial charge in [-0.05, 0) is 6.42 Å². The maximum absolute atomic E-state index is 11.6. The summed E-state index contributed by atoms with van der Waals surface area (Å²) in [4.78, 5) is 18.5. The van der Waals surface area contributed by atoms with E-state index in [1.807, 2.05) is 18.5 Å². The fraction of sp³-hybridized carbons (Fsp3) is 0.444. The molecule has 80 valence electrons. The minimum Gasteiger partial charge on any atom is -0.330 e. The fourth-order valence-corrected chi connectivity index (χ4v) is 1.95. The Hall–Kier alpha value is -1.43. The molecule has 1 N–H and O–H groups in total. The van der Waals surface area contributed by atoms with Crippen molar-refractivity contribution in [3.05, 3.63) is 21.5 Å². The van der Waals surface area contributed by atoms with Crippen molar-refractivity contribution in [1.29, 1.82) is 0 Å². The number of fused-ring (bicyclic) bond motifs is 1. The molecular formula is C9H12N4OS. The van der Waals surface area contributed by atoms with Gasteiger partial charge >= 0.3 is 5.69 Å². The van der Waals surface area contributed by atoms with Gasteiger partial charge in [0, 0.05) is 13.6 Å². The molecule has 0 fully saturated rings. The number of rotatable bonds is 2. The SMILES string of the molecule is CCCn1c(=O)[nH]c(=S)c2c1ncn2C. The summed E-state index contributed by atoms with van der Waals surface area (Å²) in [6.07, 6.45) is 2.55. The van der Waals surface area contributed by atoms with Gasteiger partial charge in [-0.1, -0.05) is 19.1 Å². The Bertz CT molecular complexity index is 607. The van der Waals surface area contributed by atoms with Crippen molar-refractivity contribution < 1.29 is 0 Å². The Kier molecular flexibility index (Phi) is 2.44. The minimum absolute atomic E-state index is 0.187. The van der Waals surface area contributed by atoms with Crippen LogP contribution in [-0.2, 0) is 13.6 Å². The standard InChI is InChI=1S/C9H12N4OS/c1-3-4-13-7-6(12(2)5-10-7)8(15)11-9(13)14/h5H,3-4H2,1-2H3,(H,11,14,15). The van der Waals surface area contributed by atoms with Crippen LogP contribution in [0.15, 0.2) is 11.1 Å². The monoisotopic (exact) mass is 224 g/mol. The van der Waals surface area contributed by atoms with E-state index < -0.39 is 0 Å². The van der Waals surface area contributed by atoms with Crippen LogP contribution in [0.3, 0.4) is 0 Å². The normalized spacial score (nSPS) is 11.1. The summed E-state index contributed by atoms with van der Waals surface area (Å²) in [6, 6.07) is 0. The number of hydrogen-bond acceptors (Lipinski definition) is 3. The van der Waals surface area contributed by atoms with Crippen LogP contribution in [-0.4, -0.2) is 19.1 Å². The number of aryl methyl sites for hydroxylation is 2. The van der Waals surface area contributed by atoms with Gasteiger partial charge in [0.2, 0.25) is 0 Å². The highest BCUT2D eigenvalue weighted by molar-refractivity contribution is 7.71. The molecule has 0 amide bonds. The minimum atomic E-state index is -0.187. The second-order valence-electron chi connectivity index (χ2n) is 3.44. The quantitative estimate of drug-likeness (QED) is 0.780. The van der Waals surface area contributed by atoms with Crippen LogP contribution < -0.4 is 5.69 Å². The number of H-pyrrole nitrogens is 1. The molecule has 0 spiro atoms. The van der Waals surface area contributed by atoms with E-state index in [2.05, 4.69) is 9.97 Å². The van der Waals surface area contributed by atoms with Crippen LogP contribution in [0.25, 0.3) is 11.2 Å². The van der Waals surface area contributed by atoms with E-state index >= 15 is 0 Å². The molecule has 0 saturated carbocycles. The number of hydrogen-bond donors (Lipinski definition) is 1. The molecule has 15 heavy (non-hydrogen) atoms. The Morgan fingerprint density at radius 2 is 2.33 bits per heavy atom. The van der Waals surface area contributed by atoms with Crippen molar-refractivity contribution in [3.63, 3.8) is 0 Å². The van der Waals surface area contributed by atoms with Crippen molar-refractivity contribution in [2.45, 2.75) is 19.9 Å². The lowest BCUT2D eigenvalue weighted by Gasteiger charge is -2.04. The summed E-state index contributed by atoms with van der Waals surface area (Å²) in [5.41, 5.74) is 1.28. The molecule has 5 nitrogen and oxygen atoms in total. The largest absolute Gasteiger partial charge is 0.330 e. The first-order valence-electron chi connectivity index (χ1n) is 4.79. The molecule has 0 saturated heterocycles. The average molecular weight is 224 g/mol. The van der Waals surface area contributed by atoms with Crippen LogP contribution >= 0.6 is 12.2 Å². The lowest BCUT2D eigenvalue weighted by Crippen LogP contribution is -2.23. The second kappa shape index (κ2) is 3.62. The molecule has 0 aliphatic carbocycles. The second-order valence-corrected chi connectivity index (χ2v) is 3.85. The smallest absolute Gasteiger partial charge is 0.328 e. The molecule has 2 rings (SSSR count). The molecule has 0 bridgehead atoms. The van der Waals surface area contributed by atoms with E-state index in [-0.39, 0.29) is 5.69 Å². The molecule has 0 aromatic carbocycles. The van der Waals surface area contributed by atoms with Gasteiger partial charge in [-0.2, -0.15) is 0 Å². The van der Waals surface area contributed by atoms with Gasteiger partial charge in [0.25, 0.3) is 0 Å². The van der Waals surface area contributed by atoms with Crippen molar-refractivity contribution in [1.82, 2.24) is 19.1 Å². The van der Waals surface area contributed by atoms with E-state index in [1.54, 1.807) is 10.9 Å². The van der Waals surface area contributed by atoms with Gasteiger partial charge in [0.1, 0.15) is 10.2 Å². The Balaban J connectivity index is 2.91. The van der Waals surface area contributed by atoms with E-state index in [9.17, 15) is 4.79 Å². The zero-order valence-corrected chi connectivity index (χ0v) is 9.47. The fourth-order valence-electron chi connectivity index (χ4n) is 1.63.